The minimum absolute atomic E-state index is 0.159. The maximum atomic E-state index is 12.3. The maximum absolute atomic E-state index is 12.3. The highest BCUT2D eigenvalue weighted by Crippen LogP contribution is 2.05. The van der Waals surface area contributed by atoms with Gasteiger partial charge in [-0.1, -0.05) is 20.3 Å². The van der Waals surface area contributed by atoms with E-state index in [1.54, 1.807) is 6.92 Å². The van der Waals surface area contributed by atoms with Crippen molar-refractivity contribution >= 4 is 35.6 Å². The quantitative estimate of drug-likeness (QED) is 0.167. The van der Waals surface area contributed by atoms with Gasteiger partial charge in [-0.2, -0.15) is 0 Å². The summed E-state index contributed by atoms with van der Waals surface area (Å²) in [6.07, 6.45) is -1.23. The van der Waals surface area contributed by atoms with Crippen LogP contribution in [0.1, 0.15) is 40.0 Å². The lowest BCUT2D eigenvalue weighted by Gasteiger charge is -2.23. The largest absolute Gasteiger partial charge is 0.481 e. The molecule has 0 spiro atoms. The number of carboxylic acid groups (broad SMARTS) is 3. The van der Waals surface area contributed by atoms with E-state index >= 15 is 0 Å². The Balaban J connectivity index is 5.18. The number of carbonyl (C=O) groups excluding carboxylic acids is 3. The van der Waals surface area contributed by atoms with Gasteiger partial charge in [-0.3, -0.25) is 24.0 Å². The van der Waals surface area contributed by atoms with E-state index in [4.69, 9.17) is 21.1 Å². The molecule has 0 saturated heterocycles. The summed E-state index contributed by atoms with van der Waals surface area (Å²) < 4.78 is 0. The highest BCUT2D eigenvalue weighted by Gasteiger charge is 2.31. The number of hydrogen-bond donors (Lipinski definition) is 7. The lowest BCUT2D eigenvalue weighted by Crippen LogP contribution is -2.57. The Morgan fingerprint density at radius 2 is 1.23 bits per heavy atom. The van der Waals surface area contributed by atoms with Gasteiger partial charge in [-0.15, -0.1) is 0 Å². The number of hydrogen-bond acceptors (Lipinski definition) is 7. The second-order valence-corrected chi connectivity index (χ2v) is 6.80. The average molecular weight is 432 g/mol. The number of rotatable bonds is 13. The SMILES string of the molecule is CCC(C)C(N)C(=O)NC(C)C(=O)NC(CC(=O)O)C(=O)NC(CC(=O)O)C(=O)O. The first-order chi connectivity index (χ1) is 13.8. The number of carboxylic acids is 3. The van der Waals surface area contributed by atoms with Crippen LogP contribution in [0.15, 0.2) is 0 Å². The van der Waals surface area contributed by atoms with Gasteiger partial charge >= 0.3 is 17.9 Å². The fourth-order valence-electron chi connectivity index (χ4n) is 2.22. The molecule has 5 atom stereocenters. The second-order valence-electron chi connectivity index (χ2n) is 6.80. The molecular formula is C17H28N4O9. The Labute approximate surface area is 172 Å². The number of nitrogens with two attached hydrogens (primary N) is 1. The Morgan fingerprint density at radius 3 is 1.67 bits per heavy atom. The third-order valence-corrected chi connectivity index (χ3v) is 4.32. The van der Waals surface area contributed by atoms with Gasteiger partial charge in [0.2, 0.25) is 17.7 Å². The van der Waals surface area contributed by atoms with Crippen LogP contribution in [0.2, 0.25) is 0 Å². The van der Waals surface area contributed by atoms with Crippen LogP contribution in [0.25, 0.3) is 0 Å². The highest BCUT2D eigenvalue weighted by atomic mass is 16.4. The third kappa shape index (κ3) is 9.32. The maximum Gasteiger partial charge on any atom is 0.326 e. The van der Waals surface area contributed by atoms with Gasteiger partial charge in [0.1, 0.15) is 18.1 Å². The third-order valence-electron chi connectivity index (χ3n) is 4.32. The molecule has 170 valence electrons. The predicted molar refractivity (Wildman–Crippen MR) is 101 cm³/mol. The van der Waals surface area contributed by atoms with E-state index < -0.39 is 72.6 Å². The van der Waals surface area contributed by atoms with Gasteiger partial charge in [0, 0.05) is 0 Å². The molecule has 0 fully saturated rings. The fourth-order valence-corrected chi connectivity index (χ4v) is 2.22. The molecule has 30 heavy (non-hydrogen) atoms. The molecule has 13 nitrogen and oxygen atoms in total. The molecule has 0 aromatic rings. The summed E-state index contributed by atoms with van der Waals surface area (Å²) >= 11 is 0. The monoisotopic (exact) mass is 432 g/mol. The van der Waals surface area contributed by atoms with Crippen LogP contribution in [0.3, 0.4) is 0 Å². The van der Waals surface area contributed by atoms with E-state index in [1.165, 1.54) is 6.92 Å². The van der Waals surface area contributed by atoms with Crippen LogP contribution >= 0.6 is 0 Å². The molecule has 0 aliphatic carbocycles. The molecule has 0 aliphatic rings. The standard InChI is InChI=1S/C17H28N4O9/c1-4-7(2)13(18)16(28)19-8(3)14(26)20-9(5-11(22)23)15(27)21-10(17(29)30)6-12(24)25/h7-10,13H,4-6,18H2,1-3H3,(H,19,28)(H,20,26)(H,21,27)(H,22,23)(H,24,25)(H,29,30). The summed E-state index contributed by atoms with van der Waals surface area (Å²) in [5.41, 5.74) is 5.77. The lowest BCUT2D eigenvalue weighted by molar-refractivity contribution is -0.148. The lowest BCUT2D eigenvalue weighted by atomic mass is 9.99. The Morgan fingerprint density at radius 1 is 0.767 bits per heavy atom. The molecule has 0 saturated carbocycles. The van der Waals surface area contributed by atoms with Crippen molar-refractivity contribution in [3.05, 3.63) is 0 Å². The van der Waals surface area contributed by atoms with Crippen molar-refractivity contribution in [3.8, 4) is 0 Å². The molecular weight excluding hydrogens is 404 g/mol. The zero-order chi connectivity index (χ0) is 23.6. The van der Waals surface area contributed by atoms with Crippen molar-refractivity contribution in [2.75, 3.05) is 0 Å². The summed E-state index contributed by atoms with van der Waals surface area (Å²) in [6, 6.07) is -5.58. The Kier molecular flexibility index (Phi) is 11.0. The molecule has 0 radical (unpaired) electrons. The smallest absolute Gasteiger partial charge is 0.326 e. The average Bonchev–Trinajstić information content (AvgIpc) is 2.64. The molecule has 13 heteroatoms. The van der Waals surface area contributed by atoms with Crippen LogP contribution in [-0.2, 0) is 28.8 Å². The fraction of sp³-hybridized carbons (Fsp3) is 0.647. The van der Waals surface area contributed by atoms with E-state index in [1.807, 2.05) is 12.2 Å². The van der Waals surface area contributed by atoms with Crippen LogP contribution in [0, 0.1) is 5.92 Å². The van der Waals surface area contributed by atoms with Gasteiger partial charge in [-0.05, 0) is 12.8 Å². The van der Waals surface area contributed by atoms with Crippen LogP contribution in [0.5, 0.6) is 0 Å². The van der Waals surface area contributed by atoms with Gasteiger partial charge in [0.25, 0.3) is 0 Å². The van der Waals surface area contributed by atoms with Crippen molar-refractivity contribution in [1.82, 2.24) is 16.0 Å². The number of amides is 3. The van der Waals surface area contributed by atoms with Crippen molar-refractivity contribution in [2.24, 2.45) is 11.7 Å². The summed E-state index contributed by atoms with van der Waals surface area (Å²) in [4.78, 5) is 69.4. The van der Waals surface area contributed by atoms with Crippen molar-refractivity contribution in [2.45, 2.75) is 64.2 Å². The molecule has 0 aromatic carbocycles. The summed E-state index contributed by atoms with van der Waals surface area (Å²) in [5.74, 6) is -7.51. The highest BCUT2D eigenvalue weighted by molar-refractivity contribution is 5.96. The molecule has 0 aromatic heterocycles. The molecule has 5 unspecified atom stereocenters. The summed E-state index contributed by atoms with van der Waals surface area (Å²) in [5, 5.41) is 33.0. The topological polar surface area (TPSA) is 225 Å². The zero-order valence-electron chi connectivity index (χ0n) is 16.9. The molecule has 0 rings (SSSR count). The number of aliphatic carboxylic acids is 3. The van der Waals surface area contributed by atoms with Gasteiger partial charge in [0.05, 0.1) is 18.9 Å². The van der Waals surface area contributed by atoms with E-state index in [9.17, 15) is 28.8 Å². The van der Waals surface area contributed by atoms with Crippen molar-refractivity contribution in [1.29, 1.82) is 0 Å². The first kappa shape index (κ1) is 26.8. The molecule has 0 bridgehead atoms. The Hall–Kier alpha value is -3.22. The van der Waals surface area contributed by atoms with E-state index in [-0.39, 0.29) is 5.92 Å². The predicted octanol–water partition coefficient (Wildman–Crippen LogP) is -2.13. The zero-order valence-corrected chi connectivity index (χ0v) is 16.9. The van der Waals surface area contributed by atoms with Gasteiger partial charge in [0.15, 0.2) is 0 Å². The molecule has 8 N–H and O–H groups in total. The normalized spacial score (nSPS) is 15.6. The van der Waals surface area contributed by atoms with Crippen molar-refractivity contribution < 1.29 is 44.1 Å². The number of nitrogens with one attached hydrogen (secondary N) is 3. The van der Waals surface area contributed by atoms with Gasteiger partial charge < -0.3 is 37.0 Å². The van der Waals surface area contributed by atoms with E-state index in [0.717, 1.165) is 0 Å². The molecule has 3 amide bonds. The summed E-state index contributed by atoms with van der Waals surface area (Å²) in [7, 11) is 0. The van der Waals surface area contributed by atoms with Crippen LogP contribution in [-0.4, -0.2) is 75.1 Å². The summed E-state index contributed by atoms with van der Waals surface area (Å²) in [6.45, 7) is 4.87. The minimum atomic E-state index is -1.83. The second kappa shape index (κ2) is 12.4. The van der Waals surface area contributed by atoms with Crippen LogP contribution in [0.4, 0.5) is 0 Å². The van der Waals surface area contributed by atoms with Gasteiger partial charge in [-0.25, -0.2) is 4.79 Å². The van der Waals surface area contributed by atoms with Crippen molar-refractivity contribution in [3.63, 3.8) is 0 Å². The molecule has 0 aliphatic heterocycles. The first-order valence-electron chi connectivity index (χ1n) is 9.13. The Bertz CT molecular complexity index is 682. The van der Waals surface area contributed by atoms with E-state index in [2.05, 4.69) is 10.6 Å². The minimum Gasteiger partial charge on any atom is -0.481 e. The number of carbonyl (C=O) groups is 6. The van der Waals surface area contributed by atoms with E-state index in [0.29, 0.717) is 6.42 Å². The molecule has 0 heterocycles. The van der Waals surface area contributed by atoms with Crippen LogP contribution < -0.4 is 21.7 Å². The first-order valence-corrected chi connectivity index (χ1v) is 9.13.